The number of anilines is 1. The number of carboxylic acids is 1. The fraction of sp³-hybridized carbons (Fsp3) is 0.188. The molecule has 0 aliphatic heterocycles. The molecule has 2 aromatic rings. The van der Waals surface area contributed by atoms with Crippen LogP contribution in [0.15, 0.2) is 57.9 Å². The van der Waals surface area contributed by atoms with Crippen LogP contribution < -0.4 is 4.31 Å². The first-order valence-corrected chi connectivity index (χ1v) is 9.29. The van der Waals surface area contributed by atoms with Crippen LogP contribution >= 0.6 is 15.9 Å². The van der Waals surface area contributed by atoms with Gasteiger partial charge in [-0.1, -0.05) is 22.0 Å². The van der Waals surface area contributed by atoms with Crippen molar-refractivity contribution in [3.05, 3.63) is 58.8 Å². The van der Waals surface area contributed by atoms with E-state index in [9.17, 15) is 17.6 Å². The Kier molecular flexibility index (Phi) is 5.95. The van der Waals surface area contributed by atoms with Gasteiger partial charge in [-0.25, -0.2) is 12.8 Å². The molecule has 0 unspecified atom stereocenters. The summed E-state index contributed by atoms with van der Waals surface area (Å²) < 4.78 is 41.0. The maximum Gasteiger partial charge on any atom is 0.303 e. The Labute approximate surface area is 147 Å². The van der Waals surface area contributed by atoms with Crippen molar-refractivity contribution in [2.75, 3.05) is 10.8 Å². The lowest BCUT2D eigenvalue weighted by Gasteiger charge is -2.24. The number of aliphatic carboxylic acids is 1. The van der Waals surface area contributed by atoms with Crippen molar-refractivity contribution in [2.45, 2.75) is 17.7 Å². The maximum atomic E-state index is 13.5. The molecule has 0 aromatic heterocycles. The number of benzene rings is 2. The van der Waals surface area contributed by atoms with Crippen LogP contribution in [0, 0.1) is 5.82 Å². The fourth-order valence-electron chi connectivity index (χ4n) is 2.13. The number of carboxylic acid groups (broad SMARTS) is 1. The van der Waals surface area contributed by atoms with E-state index < -0.39 is 21.8 Å². The lowest BCUT2D eigenvalue weighted by atomic mass is 10.3. The minimum Gasteiger partial charge on any atom is -0.481 e. The monoisotopic (exact) mass is 415 g/mol. The Balaban J connectivity index is 2.40. The number of rotatable bonds is 7. The third-order valence-corrected chi connectivity index (χ3v) is 5.62. The molecule has 0 saturated carbocycles. The number of hydrogen-bond donors (Lipinski definition) is 1. The number of hydrogen-bond acceptors (Lipinski definition) is 3. The zero-order valence-corrected chi connectivity index (χ0v) is 14.9. The zero-order valence-electron chi connectivity index (χ0n) is 12.5. The van der Waals surface area contributed by atoms with Gasteiger partial charge in [0.15, 0.2) is 0 Å². The molecule has 0 aliphatic rings. The molecule has 24 heavy (non-hydrogen) atoms. The summed E-state index contributed by atoms with van der Waals surface area (Å²) in [6, 6.07) is 11.3. The summed E-state index contributed by atoms with van der Waals surface area (Å²) in [5.74, 6) is -1.59. The van der Waals surface area contributed by atoms with E-state index in [4.69, 9.17) is 5.11 Å². The average molecular weight is 416 g/mol. The topological polar surface area (TPSA) is 74.7 Å². The number of nitrogens with zero attached hydrogens (tertiary/aromatic N) is 1. The van der Waals surface area contributed by atoms with Crippen molar-refractivity contribution in [2.24, 2.45) is 0 Å². The molecule has 0 saturated heterocycles. The van der Waals surface area contributed by atoms with E-state index >= 15 is 0 Å². The van der Waals surface area contributed by atoms with Crippen molar-refractivity contribution >= 4 is 37.6 Å². The lowest BCUT2D eigenvalue weighted by molar-refractivity contribution is -0.137. The van der Waals surface area contributed by atoms with E-state index in [-0.39, 0.29) is 30.0 Å². The van der Waals surface area contributed by atoms with Crippen LogP contribution in [-0.4, -0.2) is 26.0 Å². The summed E-state index contributed by atoms with van der Waals surface area (Å²) in [6.45, 7) is -0.0614. The second-order valence-corrected chi connectivity index (χ2v) is 7.79. The van der Waals surface area contributed by atoms with Crippen LogP contribution in [-0.2, 0) is 14.8 Å². The normalized spacial score (nSPS) is 11.2. The van der Waals surface area contributed by atoms with Gasteiger partial charge in [0.2, 0.25) is 0 Å². The molecule has 0 spiro atoms. The van der Waals surface area contributed by atoms with Crippen LogP contribution in [0.3, 0.4) is 0 Å². The number of carbonyl (C=O) groups is 1. The van der Waals surface area contributed by atoms with Crippen LogP contribution in [0.2, 0.25) is 0 Å². The summed E-state index contributed by atoms with van der Waals surface area (Å²) in [7, 11) is -3.93. The van der Waals surface area contributed by atoms with Crippen LogP contribution in [0.25, 0.3) is 0 Å². The third kappa shape index (κ3) is 4.55. The predicted molar refractivity (Wildman–Crippen MR) is 91.9 cm³/mol. The second kappa shape index (κ2) is 7.76. The molecule has 2 rings (SSSR count). The van der Waals surface area contributed by atoms with E-state index in [1.54, 1.807) is 12.1 Å². The van der Waals surface area contributed by atoms with E-state index in [0.29, 0.717) is 0 Å². The van der Waals surface area contributed by atoms with Crippen molar-refractivity contribution in [3.8, 4) is 0 Å². The van der Waals surface area contributed by atoms with Crippen molar-refractivity contribution < 1.29 is 22.7 Å². The summed E-state index contributed by atoms with van der Waals surface area (Å²) >= 11 is 3.24. The van der Waals surface area contributed by atoms with Gasteiger partial charge in [0.1, 0.15) is 5.82 Å². The van der Waals surface area contributed by atoms with Crippen LogP contribution in [0.1, 0.15) is 12.8 Å². The highest BCUT2D eigenvalue weighted by molar-refractivity contribution is 9.10. The molecule has 128 valence electrons. The molecule has 0 atom stereocenters. The van der Waals surface area contributed by atoms with Crippen LogP contribution in [0.4, 0.5) is 10.1 Å². The summed E-state index contributed by atoms with van der Waals surface area (Å²) in [5, 5.41) is 8.76. The Bertz CT molecular complexity index is 824. The molecule has 0 bridgehead atoms. The van der Waals surface area contributed by atoms with Gasteiger partial charge in [-0.05, 0) is 48.9 Å². The first kappa shape index (κ1) is 18.4. The van der Waals surface area contributed by atoms with Gasteiger partial charge < -0.3 is 5.11 Å². The highest BCUT2D eigenvalue weighted by Crippen LogP contribution is 2.26. The molecule has 0 fully saturated rings. The van der Waals surface area contributed by atoms with Crippen LogP contribution in [0.5, 0.6) is 0 Å². The average Bonchev–Trinajstić information content (AvgIpc) is 2.51. The Hall–Kier alpha value is -1.93. The summed E-state index contributed by atoms with van der Waals surface area (Å²) in [5.41, 5.74) is 0.156. The largest absolute Gasteiger partial charge is 0.481 e. The molecule has 2 aromatic carbocycles. The van der Waals surface area contributed by atoms with Gasteiger partial charge >= 0.3 is 5.97 Å². The summed E-state index contributed by atoms with van der Waals surface area (Å²) in [6.07, 6.45) is -0.0662. The number of sulfonamides is 1. The quantitative estimate of drug-likeness (QED) is 0.748. The maximum absolute atomic E-state index is 13.5. The fourth-order valence-corrected chi connectivity index (χ4v) is 3.89. The Morgan fingerprint density at radius 1 is 1.17 bits per heavy atom. The Morgan fingerprint density at radius 2 is 1.83 bits per heavy atom. The van der Waals surface area contributed by atoms with Gasteiger partial charge in [0.25, 0.3) is 10.0 Å². The second-order valence-electron chi connectivity index (χ2n) is 5.01. The molecular formula is C16H15BrFNO4S. The van der Waals surface area contributed by atoms with E-state index in [1.807, 2.05) is 0 Å². The van der Waals surface area contributed by atoms with Crippen molar-refractivity contribution in [3.63, 3.8) is 0 Å². The van der Waals surface area contributed by atoms with Crippen molar-refractivity contribution in [1.29, 1.82) is 0 Å². The minimum absolute atomic E-state index is 0.0466. The minimum atomic E-state index is -3.93. The van der Waals surface area contributed by atoms with E-state index in [2.05, 4.69) is 15.9 Å². The van der Waals surface area contributed by atoms with Gasteiger partial charge in [-0.3, -0.25) is 9.10 Å². The van der Waals surface area contributed by atoms with Gasteiger partial charge in [0.05, 0.1) is 10.6 Å². The SMILES string of the molecule is O=C(O)CCCN(c1cccc(F)c1)S(=O)(=O)c1ccc(Br)cc1. The molecule has 0 amide bonds. The van der Waals surface area contributed by atoms with Gasteiger partial charge in [-0.15, -0.1) is 0 Å². The highest BCUT2D eigenvalue weighted by atomic mass is 79.9. The first-order chi connectivity index (χ1) is 11.3. The third-order valence-electron chi connectivity index (χ3n) is 3.25. The van der Waals surface area contributed by atoms with E-state index in [0.717, 1.165) is 14.8 Å². The molecule has 0 aliphatic carbocycles. The predicted octanol–water partition coefficient (Wildman–Crippen LogP) is 3.65. The molecule has 0 heterocycles. The van der Waals surface area contributed by atoms with Gasteiger partial charge in [-0.2, -0.15) is 0 Å². The highest BCUT2D eigenvalue weighted by Gasteiger charge is 2.25. The molecule has 0 radical (unpaired) electrons. The smallest absolute Gasteiger partial charge is 0.303 e. The Morgan fingerprint density at radius 3 is 2.42 bits per heavy atom. The molecule has 1 N–H and O–H groups in total. The zero-order chi connectivity index (χ0) is 17.7. The molecular weight excluding hydrogens is 401 g/mol. The van der Waals surface area contributed by atoms with Gasteiger partial charge in [0, 0.05) is 17.4 Å². The molecule has 8 heteroatoms. The number of halogens is 2. The first-order valence-electron chi connectivity index (χ1n) is 7.06. The summed E-state index contributed by atoms with van der Waals surface area (Å²) in [4.78, 5) is 10.7. The standard InChI is InChI=1S/C16H15BrFNO4S/c17-12-6-8-15(9-7-12)24(22,23)19(10-2-5-16(20)21)14-4-1-3-13(18)11-14/h1,3-4,6-9,11H,2,5,10H2,(H,20,21). The molecule has 5 nitrogen and oxygen atoms in total. The van der Waals surface area contributed by atoms with E-state index in [1.165, 1.54) is 30.3 Å². The lowest BCUT2D eigenvalue weighted by Crippen LogP contribution is -2.32. The van der Waals surface area contributed by atoms with Crippen molar-refractivity contribution in [1.82, 2.24) is 0 Å².